The molecule has 0 aliphatic heterocycles. The van der Waals surface area contributed by atoms with Crippen LogP contribution in [0.5, 0.6) is 0 Å². The molecule has 1 atom stereocenters. The van der Waals surface area contributed by atoms with E-state index < -0.39 is 0 Å². The van der Waals surface area contributed by atoms with Crippen LogP contribution in [0.2, 0.25) is 0 Å². The molecule has 0 aliphatic rings. The summed E-state index contributed by atoms with van der Waals surface area (Å²) in [5, 5.41) is 8.79. The Hall–Kier alpha value is -0.580. The highest BCUT2D eigenvalue weighted by Crippen LogP contribution is 2.17. The van der Waals surface area contributed by atoms with E-state index in [1.165, 1.54) is 0 Å². The fourth-order valence-electron chi connectivity index (χ4n) is 0.957. The molecule has 0 radical (unpaired) electrons. The van der Waals surface area contributed by atoms with Gasteiger partial charge in [-0.15, -0.1) is 11.8 Å². The van der Waals surface area contributed by atoms with Gasteiger partial charge in [-0.05, 0) is 17.9 Å². The van der Waals surface area contributed by atoms with E-state index in [0.29, 0.717) is 0 Å². The zero-order chi connectivity index (χ0) is 9.68. The first-order chi connectivity index (χ1) is 6.27. The van der Waals surface area contributed by atoms with Gasteiger partial charge in [0.2, 0.25) is 0 Å². The maximum absolute atomic E-state index is 8.79. The number of hydrogen-bond donors (Lipinski definition) is 2. The van der Waals surface area contributed by atoms with Crippen LogP contribution in [0.1, 0.15) is 18.7 Å². The van der Waals surface area contributed by atoms with Crippen molar-refractivity contribution in [2.24, 2.45) is 5.73 Å². The van der Waals surface area contributed by atoms with Crippen LogP contribution in [0, 0.1) is 0 Å². The van der Waals surface area contributed by atoms with Crippen molar-refractivity contribution in [3.8, 4) is 0 Å². The van der Waals surface area contributed by atoms with Crippen LogP contribution in [0.15, 0.2) is 23.2 Å². The van der Waals surface area contributed by atoms with Crippen LogP contribution in [0.4, 0.5) is 0 Å². The summed E-state index contributed by atoms with van der Waals surface area (Å²) in [7, 11) is 0. The highest BCUT2D eigenvalue weighted by atomic mass is 32.2. The molecule has 13 heavy (non-hydrogen) atoms. The number of aliphatic hydroxyl groups excluding tert-OH is 1. The molecule has 0 unspecified atom stereocenters. The third kappa shape index (κ3) is 2.99. The summed E-state index contributed by atoms with van der Waals surface area (Å²) < 4.78 is 0. The number of thioether (sulfide) groups is 1. The van der Waals surface area contributed by atoms with E-state index >= 15 is 0 Å². The van der Waals surface area contributed by atoms with Crippen LogP contribution in [0.3, 0.4) is 0 Å². The lowest BCUT2D eigenvalue weighted by atomic mass is 10.2. The molecule has 0 amide bonds. The predicted octanol–water partition coefficient (Wildman–Crippen LogP) is 1.19. The smallest absolute Gasteiger partial charge is 0.0704 e. The Morgan fingerprint density at radius 3 is 2.85 bits per heavy atom. The highest BCUT2D eigenvalue weighted by Gasteiger charge is 2.04. The van der Waals surface area contributed by atoms with E-state index in [1.54, 1.807) is 18.0 Å². The average Bonchev–Trinajstić information content (AvgIpc) is 2.18. The van der Waals surface area contributed by atoms with E-state index in [1.807, 2.05) is 12.1 Å². The second kappa shape index (κ2) is 5.21. The second-order valence-electron chi connectivity index (χ2n) is 2.64. The third-order valence-electron chi connectivity index (χ3n) is 1.65. The van der Waals surface area contributed by atoms with Gasteiger partial charge < -0.3 is 10.8 Å². The van der Waals surface area contributed by atoms with Crippen molar-refractivity contribution in [2.45, 2.75) is 17.9 Å². The van der Waals surface area contributed by atoms with Gasteiger partial charge in [0, 0.05) is 11.1 Å². The molecule has 1 aromatic heterocycles. The molecule has 0 fully saturated rings. The molecule has 0 aromatic carbocycles. The van der Waals surface area contributed by atoms with Gasteiger partial charge in [0.1, 0.15) is 0 Å². The Balaban J connectivity index is 2.69. The van der Waals surface area contributed by atoms with E-state index in [4.69, 9.17) is 10.8 Å². The number of pyridine rings is 1. The van der Waals surface area contributed by atoms with Crippen LogP contribution in [-0.2, 0) is 0 Å². The Morgan fingerprint density at radius 2 is 2.38 bits per heavy atom. The summed E-state index contributed by atoms with van der Waals surface area (Å²) in [6.45, 7) is 2.03. The summed E-state index contributed by atoms with van der Waals surface area (Å²) in [6.07, 6.45) is 1.79. The van der Waals surface area contributed by atoms with Gasteiger partial charge in [-0.25, -0.2) is 0 Å². The molecule has 0 aliphatic carbocycles. The Morgan fingerprint density at radius 1 is 1.62 bits per heavy atom. The molecular formula is C9H14N2OS. The minimum absolute atomic E-state index is 0.0622. The number of hydrogen-bond acceptors (Lipinski definition) is 4. The van der Waals surface area contributed by atoms with Crippen LogP contribution >= 0.6 is 11.8 Å². The molecule has 3 nitrogen and oxygen atoms in total. The first kappa shape index (κ1) is 10.5. The summed E-state index contributed by atoms with van der Waals surface area (Å²) >= 11 is 1.74. The van der Waals surface area contributed by atoms with E-state index in [9.17, 15) is 0 Å². The largest absolute Gasteiger partial charge is 0.394 e. The zero-order valence-corrected chi connectivity index (χ0v) is 8.42. The molecule has 72 valence electrons. The van der Waals surface area contributed by atoms with Crippen molar-refractivity contribution < 1.29 is 5.11 Å². The van der Waals surface area contributed by atoms with Gasteiger partial charge in [0.15, 0.2) is 0 Å². The van der Waals surface area contributed by atoms with Gasteiger partial charge >= 0.3 is 0 Å². The number of rotatable bonds is 4. The van der Waals surface area contributed by atoms with Gasteiger partial charge in [-0.1, -0.05) is 6.92 Å². The van der Waals surface area contributed by atoms with E-state index in [2.05, 4.69) is 11.9 Å². The average molecular weight is 198 g/mol. The third-order valence-corrected chi connectivity index (χ3v) is 2.51. The Bertz CT molecular complexity index is 250. The molecule has 0 saturated carbocycles. The minimum atomic E-state index is -0.360. The molecule has 1 aromatic rings. The SMILES string of the molecule is CCSc1ccc([C@H](N)CO)nc1. The lowest BCUT2D eigenvalue weighted by Crippen LogP contribution is -2.15. The quantitative estimate of drug-likeness (QED) is 0.713. The lowest BCUT2D eigenvalue weighted by molar-refractivity contribution is 0.266. The van der Waals surface area contributed by atoms with Crippen molar-refractivity contribution in [1.82, 2.24) is 4.98 Å². The molecular weight excluding hydrogens is 184 g/mol. The number of nitrogens with two attached hydrogens (primary N) is 1. The normalized spacial score (nSPS) is 12.8. The monoisotopic (exact) mass is 198 g/mol. The summed E-state index contributed by atoms with van der Waals surface area (Å²) in [5.41, 5.74) is 6.34. The fourth-order valence-corrected chi connectivity index (χ4v) is 1.58. The maximum atomic E-state index is 8.79. The number of aromatic nitrogens is 1. The van der Waals surface area contributed by atoms with Gasteiger partial charge in [-0.2, -0.15) is 0 Å². The summed E-state index contributed by atoms with van der Waals surface area (Å²) in [6, 6.07) is 3.48. The molecule has 1 heterocycles. The predicted molar refractivity (Wildman–Crippen MR) is 54.6 cm³/mol. The first-order valence-electron chi connectivity index (χ1n) is 4.23. The summed E-state index contributed by atoms with van der Waals surface area (Å²) in [4.78, 5) is 5.30. The molecule has 1 rings (SSSR count). The van der Waals surface area contributed by atoms with Crippen molar-refractivity contribution in [2.75, 3.05) is 12.4 Å². The summed E-state index contributed by atoms with van der Waals surface area (Å²) in [5.74, 6) is 1.03. The lowest BCUT2D eigenvalue weighted by Gasteiger charge is -2.07. The second-order valence-corrected chi connectivity index (χ2v) is 3.98. The fraction of sp³-hybridized carbons (Fsp3) is 0.444. The van der Waals surface area contributed by atoms with Crippen LogP contribution < -0.4 is 5.73 Å². The van der Waals surface area contributed by atoms with Crippen LogP contribution in [0.25, 0.3) is 0 Å². The van der Waals surface area contributed by atoms with Gasteiger partial charge in [-0.3, -0.25) is 4.98 Å². The van der Waals surface area contributed by atoms with Crippen LogP contribution in [-0.4, -0.2) is 22.5 Å². The molecule has 0 saturated heterocycles. The molecule has 3 N–H and O–H groups in total. The van der Waals surface area contributed by atoms with E-state index in [0.717, 1.165) is 16.3 Å². The Kier molecular flexibility index (Phi) is 4.21. The van der Waals surface area contributed by atoms with E-state index in [-0.39, 0.29) is 12.6 Å². The van der Waals surface area contributed by atoms with Crippen molar-refractivity contribution in [3.05, 3.63) is 24.0 Å². The standard InChI is InChI=1S/C9H14N2OS/c1-2-13-7-3-4-9(11-5-7)8(10)6-12/h3-5,8,12H,2,6,10H2,1H3/t8-/m1/s1. The molecule has 4 heteroatoms. The van der Waals surface area contributed by atoms with Gasteiger partial charge in [0.05, 0.1) is 18.3 Å². The first-order valence-corrected chi connectivity index (χ1v) is 5.21. The number of nitrogens with zero attached hydrogens (tertiary/aromatic N) is 1. The molecule has 0 spiro atoms. The topological polar surface area (TPSA) is 59.1 Å². The minimum Gasteiger partial charge on any atom is -0.394 e. The van der Waals surface area contributed by atoms with Crippen molar-refractivity contribution >= 4 is 11.8 Å². The van der Waals surface area contributed by atoms with Gasteiger partial charge in [0.25, 0.3) is 0 Å². The Labute approximate surface area is 82.4 Å². The van der Waals surface area contributed by atoms with Crippen molar-refractivity contribution in [3.63, 3.8) is 0 Å². The van der Waals surface area contributed by atoms with Crippen molar-refractivity contribution in [1.29, 1.82) is 0 Å². The molecule has 0 bridgehead atoms. The zero-order valence-electron chi connectivity index (χ0n) is 7.60. The number of aliphatic hydroxyl groups is 1. The maximum Gasteiger partial charge on any atom is 0.0704 e. The highest BCUT2D eigenvalue weighted by molar-refractivity contribution is 7.99.